The number of hydrogen-bond acceptors (Lipinski definition) is 6. The highest BCUT2D eigenvalue weighted by Gasteiger charge is 2.15. The van der Waals surface area contributed by atoms with Gasteiger partial charge in [-0.1, -0.05) is 24.3 Å². The SMILES string of the molecule is CC(C)NC(=O)c1ccccc1NC(=O)Nc1cn2nc(-c3cccc(S(C)(=O)=O)c3)ccc2n1. The zero-order valence-electron chi connectivity index (χ0n) is 19.3. The normalized spacial score (nSPS) is 11.4. The molecule has 0 unspecified atom stereocenters. The molecule has 0 bridgehead atoms. The molecular weight excluding hydrogens is 468 g/mol. The van der Waals surface area contributed by atoms with Gasteiger partial charge >= 0.3 is 6.03 Å². The first-order valence-corrected chi connectivity index (χ1v) is 12.6. The molecule has 2 heterocycles. The van der Waals surface area contributed by atoms with E-state index in [-0.39, 0.29) is 22.7 Å². The van der Waals surface area contributed by atoms with Crippen LogP contribution in [0.1, 0.15) is 24.2 Å². The summed E-state index contributed by atoms with van der Waals surface area (Å²) in [6, 6.07) is 16.0. The maximum Gasteiger partial charge on any atom is 0.324 e. The van der Waals surface area contributed by atoms with E-state index in [1.54, 1.807) is 54.6 Å². The summed E-state index contributed by atoms with van der Waals surface area (Å²) in [6.07, 6.45) is 2.69. The summed E-state index contributed by atoms with van der Waals surface area (Å²) in [5, 5.41) is 12.6. The van der Waals surface area contributed by atoms with Gasteiger partial charge in [-0.25, -0.2) is 22.7 Å². The number of para-hydroxylation sites is 1. The summed E-state index contributed by atoms with van der Waals surface area (Å²) in [4.78, 5) is 29.5. The summed E-state index contributed by atoms with van der Waals surface area (Å²) < 4.78 is 25.2. The molecule has 0 saturated heterocycles. The fourth-order valence-electron chi connectivity index (χ4n) is 3.38. The minimum atomic E-state index is -3.35. The van der Waals surface area contributed by atoms with Gasteiger partial charge in [0.05, 0.1) is 28.0 Å². The quantitative estimate of drug-likeness (QED) is 0.377. The Morgan fingerprint density at radius 1 is 0.971 bits per heavy atom. The number of sulfone groups is 1. The van der Waals surface area contributed by atoms with Gasteiger partial charge in [-0.15, -0.1) is 0 Å². The maximum absolute atomic E-state index is 12.6. The summed E-state index contributed by atoms with van der Waals surface area (Å²) in [7, 11) is -3.35. The molecule has 3 N–H and O–H groups in total. The molecule has 180 valence electrons. The molecule has 4 rings (SSSR count). The molecule has 0 aliphatic rings. The number of amides is 3. The van der Waals surface area contributed by atoms with Crippen LogP contribution in [-0.2, 0) is 9.84 Å². The van der Waals surface area contributed by atoms with Crippen LogP contribution in [0.4, 0.5) is 16.3 Å². The summed E-state index contributed by atoms with van der Waals surface area (Å²) in [6.45, 7) is 3.71. The second-order valence-electron chi connectivity index (χ2n) is 8.20. The molecule has 11 heteroatoms. The predicted octanol–water partition coefficient (Wildman–Crippen LogP) is 3.58. The molecule has 0 atom stereocenters. The largest absolute Gasteiger partial charge is 0.350 e. The lowest BCUT2D eigenvalue weighted by Crippen LogP contribution is -2.31. The Kier molecular flexibility index (Phi) is 6.52. The van der Waals surface area contributed by atoms with Crippen LogP contribution in [0.5, 0.6) is 0 Å². The van der Waals surface area contributed by atoms with Gasteiger partial charge < -0.3 is 10.6 Å². The van der Waals surface area contributed by atoms with Crippen LogP contribution >= 0.6 is 0 Å². The van der Waals surface area contributed by atoms with Gasteiger partial charge in [0.1, 0.15) is 0 Å². The van der Waals surface area contributed by atoms with E-state index < -0.39 is 15.9 Å². The zero-order chi connectivity index (χ0) is 25.2. The molecule has 4 aromatic rings. The van der Waals surface area contributed by atoms with Crippen molar-refractivity contribution in [3.8, 4) is 11.3 Å². The summed E-state index contributed by atoms with van der Waals surface area (Å²) >= 11 is 0. The van der Waals surface area contributed by atoms with E-state index in [0.29, 0.717) is 28.2 Å². The Bertz CT molecular complexity index is 1530. The zero-order valence-corrected chi connectivity index (χ0v) is 20.1. The highest BCUT2D eigenvalue weighted by atomic mass is 32.2. The Hall–Kier alpha value is -4.25. The van der Waals surface area contributed by atoms with E-state index in [9.17, 15) is 18.0 Å². The highest BCUT2D eigenvalue weighted by Crippen LogP contribution is 2.22. The Balaban J connectivity index is 1.53. The second kappa shape index (κ2) is 9.55. The van der Waals surface area contributed by atoms with Crippen LogP contribution in [0.3, 0.4) is 0 Å². The van der Waals surface area contributed by atoms with Gasteiger partial charge in [0.15, 0.2) is 21.3 Å². The van der Waals surface area contributed by atoms with Crippen LogP contribution in [-0.4, -0.2) is 47.3 Å². The molecule has 0 aliphatic carbocycles. The Labute approximate surface area is 202 Å². The number of aromatic nitrogens is 3. The average molecular weight is 493 g/mol. The molecule has 35 heavy (non-hydrogen) atoms. The third-order valence-electron chi connectivity index (χ3n) is 4.96. The summed E-state index contributed by atoms with van der Waals surface area (Å²) in [5.41, 5.74) is 2.36. The maximum atomic E-state index is 12.6. The van der Waals surface area contributed by atoms with E-state index in [0.717, 1.165) is 6.26 Å². The molecule has 3 amide bonds. The number of nitrogens with one attached hydrogen (secondary N) is 3. The van der Waals surface area contributed by atoms with Crippen LogP contribution < -0.4 is 16.0 Å². The average Bonchev–Trinajstić information content (AvgIpc) is 3.19. The predicted molar refractivity (Wildman–Crippen MR) is 133 cm³/mol. The molecule has 0 fully saturated rings. The van der Waals surface area contributed by atoms with Crippen LogP contribution in [0.25, 0.3) is 16.9 Å². The van der Waals surface area contributed by atoms with E-state index in [2.05, 4.69) is 26.0 Å². The minimum Gasteiger partial charge on any atom is -0.350 e. The first kappa shape index (κ1) is 23.9. The number of nitrogens with zero attached hydrogens (tertiary/aromatic N) is 3. The van der Waals surface area contributed by atoms with Crippen molar-refractivity contribution in [3.05, 3.63) is 72.4 Å². The number of carbonyl (C=O) groups excluding carboxylic acids is 2. The van der Waals surface area contributed by atoms with E-state index in [4.69, 9.17) is 0 Å². The number of rotatable bonds is 6. The fraction of sp³-hybridized carbons (Fsp3) is 0.167. The molecule has 10 nitrogen and oxygen atoms in total. The third-order valence-corrected chi connectivity index (χ3v) is 6.07. The van der Waals surface area contributed by atoms with Gasteiger partial charge in [0.25, 0.3) is 5.91 Å². The lowest BCUT2D eigenvalue weighted by atomic mass is 10.1. The molecule has 0 radical (unpaired) electrons. The fourth-order valence-corrected chi connectivity index (χ4v) is 4.05. The van der Waals surface area contributed by atoms with Crippen molar-refractivity contribution in [1.82, 2.24) is 19.9 Å². The van der Waals surface area contributed by atoms with Crippen molar-refractivity contribution in [1.29, 1.82) is 0 Å². The van der Waals surface area contributed by atoms with Gasteiger partial charge in [-0.2, -0.15) is 5.10 Å². The number of anilines is 2. The molecule has 2 aromatic heterocycles. The molecule has 2 aromatic carbocycles. The molecular formula is C24H24N6O4S. The van der Waals surface area contributed by atoms with Crippen molar-refractivity contribution in [2.75, 3.05) is 16.9 Å². The number of urea groups is 1. The molecule has 0 aliphatic heterocycles. The number of fused-ring (bicyclic) bond motifs is 1. The number of carbonyl (C=O) groups is 2. The molecule has 0 saturated carbocycles. The third kappa shape index (κ3) is 5.64. The minimum absolute atomic E-state index is 0.0476. The van der Waals surface area contributed by atoms with Crippen molar-refractivity contribution in [2.45, 2.75) is 24.8 Å². The monoisotopic (exact) mass is 492 g/mol. The van der Waals surface area contributed by atoms with Crippen molar-refractivity contribution in [3.63, 3.8) is 0 Å². The van der Waals surface area contributed by atoms with Crippen LogP contribution in [0.2, 0.25) is 0 Å². The Morgan fingerprint density at radius 3 is 2.49 bits per heavy atom. The van der Waals surface area contributed by atoms with Gasteiger partial charge in [-0.05, 0) is 50.2 Å². The van der Waals surface area contributed by atoms with Crippen LogP contribution in [0, 0.1) is 0 Å². The van der Waals surface area contributed by atoms with Gasteiger partial charge in [0, 0.05) is 17.9 Å². The highest BCUT2D eigenvalue weighted by molar-refractivity contribution is 7.90. The van der Waals surface area contributed by atoms with Crippen molar-refractivity contribution in [2.24, 2.45) is 0 Å². The van der Waals surface area contributed by atoms with Gasteiger partial charge in [0.2, 0.25) is 0 Å². The number of imidazole rings is 1. The van der Waals surface area contributed by atoms with E-state index >= 15 is 0 Å². The van der Waals surface area contributed by atoms with Crippen molar-refractivity contribution >= 4 is 38.9 Å². The lowest BCUT2D eigenvalue weighted by Gasteiger charge is -2.13. The first-order valence-electron chi connectivity index (χ1n) is 10.7. The standard InChI is InChI=1S/C24H24N6O4S/c1-15(2)25-23(31)18-9-4-5-10-20(18)26-24(32)28-21-14-30-22(27-21)12-11-19(29-30)16-7-6-8-17(13-16)35(3,33)34/h4-15H,1-3H3,(H,25,31)(H2,26,28,32). The smallest absolute Gasteiger partial charge is 0.324 e. The second-order valence-corrected chi connectivity index (χ2v) is 10.2. The van der Waals surface area contributed by atoms with E-state index in [1.165, 1.54) is 16.8 Å². The lowest BCUT2D eigenvalue weighted by molar-refractivity contribution is 0.0944. The van der Waals surface area contributed by atoms with Gasteiger partial charge in [-0.3, -0.25) is 10.1 Å². The number of benzene rings is 2. The summed E-state index contributed by atoms with van der Waals surface area (Å²) in [5.74, 6) is -0.0403. The Morgan fingerprint density at radius 2 is 1.74 bits per heavy atom. The van der Waals surface area contributed by atoms with Crippen LogP contribution in [0.15, 0.2) is 71.8 Å². The number of hydrogen-bond donors (Lipinski definition) is 3. The molecule has 0 spiro atoms. The topological polar surface area (TPSA) is 135 Å². The van der Waals surface area contributed by atoms with Crippen molar-refractivity contribution < 1.29 is 18.0 Å². The first-order chi connectivity index (χ1) is 16.6. The van der Waals surface area contributed by atoms with E-state index in [1.807, 2.05) is 13.8 Å².